The minimum Gasteiger partial charge on any atom is -0.393 e. The minimum atomic E-state index is -0.404. The fourth-order valence-corrected chi connectivity index (χ4v) is 2.35. The molecule has 1 amide bonds. The van der Waals surface area contributed by atoms with E-state index in [0.29, 0.717) is 5.82 Å². The van der Waals surface area contributed by atoms with Crippen molar-refractivity contribution in [2.75, 3.05) is 16.5 Å². The summed E-state index contributed by atoms with van der Waals surface area (Å²) in [6.07, 6.45) is 2.87. The SMILES string of the molecule is Nc1c(NNC(=O)c2ccccn2)ncnc1Nc1ccccc1Br. The molecule has 2 heterocycles. The van der Waals surface area contributed by atoms with Gasteiger partial charge in [-0.3, -0.25) is 20.6 Å². The Balaban J connectivity index is 1.73. The lowest BCUT2D eigenvalue weighted by Gasteiger charge is -2.13. The predicted molar refractivity (Wildman–Crippen MR) is 99.2 cm³/mol. The van der Waals surface area contributed by atoms with E-state index in [2.05, 4.69) is 47.1 Å². The Kier molecular flexibility index (Phi) is 5.05. The number of carbonyl (C=O) groups excluding carboxylic acids is 1. The number of hydrogen-bond acceptors (Lipinski definition) is 7. The van der Waals surface area contributed by atoms with Crippen LogP contribution >= 0.6 is 15.9 Å². The number of carbonyl (C=O) groups is 1. The van der Waals surface area contributed by atoms with E-state index in [1.54, 1.807) is 18.2 Å². The normalized spacial score (nSPS) is 10.1. The van der Waals surface area contributed by atoms with E-state index < -0.39 is 5.91 Å². The van der Waals surface area contributed by atoms with Gasteiger partial charge in [-0.2, -0.15) is 0 Å². The fraction of sp³-hybridized carbons (Fsp3) is 0. The summed E-state index contributed by atoms with van der Waals surface area (Å²) in [5, 5.41) is 3.11. The molecule has 2 aromatic heterocycles. The third kappa shape index (κ3) is 4.01. The predicted octanol–water partition coefficient (Wildman–Crippen LogP) is 2.72. The average molecular weight is 400 g/mol. The van der Waals surface area contributed by atoms with Gasteiger partial charge in [-0.05, 0) is 40.2 Å². The molecule has 0 unspecified atom stereocenters. The van der Waals surface area contributed by atoms with Crippen molar-refractivity contribution in [3.8, 4) is 0 Å². The van der Waals surface area contributed by atoms with E-state index in [4.69, 9.17) is 5.73 Å². The van der Waals surface area contributed by atoms with Crippen LogP contribution in [0.2, 0.25) is 0 Å². The van der Waals surface area contributed by atoms with Crippen molar-refractivity contribution in [2.45, 2.75) is 0 Å². The van der Waals surface area contributed by atoms with E-state index >= 15 is 0 Å². The molecule has 1 aromatic carbocycles. The lowest BCUT2D eigenvalue weighted by atomic mass is 10.3. The lowest BCUT2D eigenvalue weighted by molar-refractivity contribution is 0.0957. The summed E-state index contributed by atoms with van der Waals surface area (Å²) in [6.45, 7) is 0. The first kappa shape index (κ1) is 16.7. The monoisotopic (exact) mass is 399 g/mol. The zero-order chi connectivity index (χ0) is 17.6. The number of nitrogens with two attached hydrogens (primary N) is 1. The highest BCUT2D eigenvalue weighted by Gasteiger charge is 2.11. The van der Waals surface area contributed by atoms with Crippen molar-refractivity contribution in [3.63, 3.8) is 0 Å². The molecule has 0 saturated carbocycles. The van der Waals surface area contributed by atoms with Gasteiger partial charge in [-0.15, -0.1) is 0 Å². The van der Waals surface area contributed by atoms with Gasteiger partial charge in [0.2, 0.25) is 0 Å². The van der Waals surface area contributed by atoms with Gasteiger partial charge in [0.15, 0.2) is 11.6 Å². The molecular formula is C16H14BrN7O. The molecule has 3 aromatic rings. The van der Waals surface area contributed by atoms with Crippen molar-refractivity contribution in [2.24, 2.45) is 0 Å². The van der Waals surface area contributed by atoms with Crippen LogP contribution in [0.25, 0.3) is 0 Å². The maximum absolute atomic E-state index is 12.0. The van der Waals surface area contributed by atoms with Crippen LogP contribution in [0.4, 0.5) is 23.0 Å². The maximum Gasteiger partial charge on any atom is 0.288 e. The minimum absolute atomic E-state index is 0.263. The Morgan fingerprint density at radius 2 is 1.76 bits per heavy atom. The molecule has 0 aliphatic heterocycles. The molecule has 0 saturated heterocycles. The summed E-state index contributed by atoms with van der Waals surface area (Å²) in [5.41, 5.74) is 12.6. The van der Waals surface area contributed by atoms with Gasteiger partial charge in [0.1, 0.15) is 17.7 Å². The number of benzene rings is 1. The molecule has 0 aliphatic rings. The van der Waals surface area contributed by atoms with Crippen LogP contribution in [0.1, 0.15) is 10.5 Å². The summed E-state index contributed by atoms with van der Waals surface area (Å²) in [5.74, 6) is 0.282. The van der Waals surface area contributed by atoms with Gasteiger partial charge in [0.05, 0.1) is 5.69 Å². The zero-order valence-electron chi connectivity index (χ0n) is 12.9. The number of para-hydroxylation sites is 1. The fourth-order valence-electron chi connectivity index (χ4n) is 1.96. The first-order valence-corrected chi connectivity index (χ1v) is 8.04. The van der Waals surface area contributed by atoms with Crippen LogP contribution in [0, 0.1) is 0 Å². The van der Waals surface area contributed by atoms with Crippen LogP contribution in [-0.2, 0) is 0 Å². The molecule has 0 bridgehead atoms. The average Bonchev–Trinajstić information content (AvgIpc) is 2.64. The van der Waals surface area contributed by atoms with Crippen LogP contribution in [0.15, 0.2) is 59.5 Å². The topological polar surface area (TPSA) is 118 Å². The Morgan fingerprint density at radius 3 is 2.52 bits per heavy atom. The van der Waals surface area contributed by atoms with Crippen LogP contribution in [0.5, 0.6) is 0 Å². The maximum atomic E-state index is 12.0. The summed E-state index contributed by atoms with van der Waals surface area (Å²) in [6, 6.07) is 12.6. The van der Waals surface area contributed by atoms with Crippen molar-refractivity contribution in [1.82, 2.24) is 20.4 Å². The summed E-state index contributed by atoms with van der Waals surface area (Å²) < 4.78 is 0.867. The van der Waals surface area contributed by atoms with E-state index in [-0.39, 0.29) is 17.2 Å². The standard InChI is InChI=1S/C16H14BrN7O/c17-10-5-1-2-6-11(10)22-14-13(18)15(21-9-20-14)23-24-16(25)12-7-3-4-8-19-12/h1-9H,18H2,(H,24,25)(H2,20,21,22,23). The molecule has 9 heteroatoms. The molecule has 0 atom stereocenters. The third-order valence-electron chi connectivity index (χ3n) is 3.20. The molecular weight excluding hydrogens is 386 g/mol. The largest absolute Gasteiger partial charge is 0.393 e. The highest BCUT2D eigenvalue weighted by atomic mass is 79.9. The van der Waals surface area contributed by atoms with Crippen LogP contribution in [-0.4, -0.2) is 20.9 Å². The molecule has 0 radical (unpaired) electrons. The number of anilines is 4. The number of aromatic nitrogens is 3. The molecule has 25 heavy (non-hydrogen) atoms. The summed E-state index contributed by atoms with van der Waals surface area (Å²) in [4.78, 5) is 24.1. The molecule has 0 fully saturated rings. The second-order valence-electron chi connectivity index (χ2n) is 4.88. The number of nitrogens with zero attached hydrogens (tertiary/aromatic N) is 3. The molecule has 5 N–H and O–H groups in total. The lowest BCUT2D eigenvalue weighted by Crippen LogP contribution is -2.31. The third-order valence-corrected chi connectivity index (χ3v) is 3.89. The number of nitrogen functional groups attached to an aromatic ring is 1. The zero-order valence-corrected chi connectivity index (χ0v) is 14.5. The first-order valence-electron chi connectivity index (χ1n) is 7.24. The van der Waals surface area contributed by atoms with E-state index in [1.807, 2.05) is 24.3 Å². The van der Waals surface area contributed by atoms with Crippen molar-refractivity contribution in [1.29, 1.82) is 0 Å². The van der Waals surface area contributed by atoms with Gasteiger partial charge in [0.25, 0.3) is 5.91 Å². The first-order chi connectivity index (χ1) is 12.1. The number of nitrogens with one attached hydrogen (secondary N) is 3. The molecule has 3 rings (SSSR count). The van der Waals surface area contributed by atoms with E-state index in [1.165, 1.54) is 12.5 Å². The van der Waals surface area contributed by atoms with Gasteiger partial charge in [-0.1, -0.05) is 18.2 Å². The second-order valence-corrected chi connectivity index (χ2v) is 5.74. The number of hydrazine groups is 1. The summed E-state index contributed by atoms with van der Waals surface area (Å²) in [7, 11) is 0. The highest BCUT2D eigenvalue weighted by molar-refractivity contribution is 9.10. The Bertz CT molecular complexity index is 889. The number of halogens is 1. The van der Waals surface area contributed by atoms with Gasteiger partial charge < -0.3 is 11.1 Å². The van der Waals surface area contributed by atoms with Crippen LogP contribution < -0.4 is 21.9 Å². The van der Waals surface area contributed by atoms with E-state index in [0.717, 1.165) is 10.2 Å². The highest BCUT2D eigenvalue weighted by Crippen LogP contribution is 2.29. The molecule has 8 nitrogen and oxygen atoms in total. The Labute approximate surface area is 152 Å². The smallest absolute Gasteiger partial charge is 0.288 e. The van der Waals surface area contributed by atoms with E-state index in [9.17, 15) is 4.79 Å². The van der Waals surface area contributed by atoms with Crippen molar-refractivity contribution >= 4 is 44.8 Å². The summed E-state index contributed by atoms with van der Waals surface area (Å²) >= 11 is 3.45. The quantitative estimate of drug-likeness (QED) is 0.487. The molecule has 0 spiro atoms. The van der Waals surface area contributed by atoms with Gasteiger partial charge in [-0.25, -0.2) is 9.97 Å². The number of amides is 1. The molecule has 0 aliphatic carbocycles. The Morgan fingerprint density at radius 1 is 1.00 bits per heavy atom. The van der Waals surface area contributed by atoms with Crippen molar-refractivity contribution in [3.05, 3.63) is 65.2 Å². The number of pyridine rings is 1. The number of rotatable bonds is 5. The van der Waals surface area contributed by atoms with Crippen molar-refractivity contribution < 1.29 is 4.79 Å². The molecule has 126 valence electrons. The van der Waals surface area contributed by atoms with Gasteiger partial charge >= 0.3 is 0 Å². The number of hydrogen-bond donors (Lipinski definition) is 4. The Hall–Kier alpha value is -3.20. The van der Waals surface area contributed by atoms with Gasteiger partial charge in [0, 0.05) is 10.7 Å². The van der Waals surface area contributed by atoms with Crippen LogP contribution in [0.3, 0.4) is 0 Å². The second kappa shape index (κ2) is 7.58.